The minimum Gasteiger partial charge on any atom is -0.479 e. The molecule has 1 aromatic heterocycles. The third-order valence-corrected chi connectivity index (χ3v) is 4.02. The second-order valence-electron chi connectivity index (χ2n) is 3.35. The normalized spacial score (nSPS) is 14.9. The van der Waals surface area contributed by atoms with Crippen LogP contribution in [0.15, 0.2) is 10.6 Å². The predicted molar refractivity (Wildman–Crippen MR) is 59.9 cm³/mol. The number of nitrogens with zero attached hydrogens (tertiary/aromatic N) is 1. The molecule has 0 fully saturated rings. The molecule has 0 spiro atoms. The van der Waals surface area contributed by atoms with Crippen molar-refractivity contribution >= 4 is 28.7 Å². The Bertz CT molecular complexity index is 365. The number of aromatic hydroxyl groups is 1. The van der Waals surface area contributed by atoms with Crippen molar-refractivity contribution in [2.24, 2.45) is 5.92 Å². The quantitative estimate of drug-likeness (QED) is 0.448. The van der Waals surface area contributed by atoms with Gasteiger partial charge in [0.05, 0.1) is 0 Å². The number of halogens is 1. The molecule has 1 atom stereocenters. The summed E-state index contributed by atoms with van der Waals surface area (Å²) in [6.07, 6.45) is -1.15. The molecule has 1 unspecified atom stereocenters. The fraction of sp³-hybridized carbons (Fsp3) is 0.500. The van der Waals surface area contributed by atoms with Crippen LogP contribution >= 0.6 is 22.6 Å². The second kappa shape index (κ2) is 4.25. The Labute approximate surface area is 99.8 Å². The van der Waals surface area contributed by atoms with Gasteiger partial charge in [-0.1, -0.05) is 19.0 Å². The van der Waals surface area contributed by atoms with Crippen LogP contribution in [0.2, 0.25) is 0 Å². The van der Waals surface area contributed by atoms with Crippen LogP contribution in [0.5, 0.6) is 5.95 Å². The van der Waals surface area contributed by atoms with Crippen molar-refractivity contribution in [1.29, 1.82) is 0 Å². The highest BCUT2D eigenvalue weighted by Gasteiger charge is 2.37. The molecule has 84 valence electrons. The van der Waals surface area contributed by atoms with Crippen molar-refractivity contribution in [2.45, 2.75) is 17.4 Å². The van der Waals surface area contributed by atoms with E-state index in [0.717, 1.165) is 0 Å². The van der Waals surface area contributed by atoms with E-state index in [1.54, 1.807) is 0 Å². The van der Waals surface area contributed by atoms with E-state index < -0.39 is 9.64 Å². The Kier molecular flexibility index (Phi) is 3.42. The van der Waals surface area contributed by atoms with E-state index in [1.807, 2.05) is 36.4 Å². The Morgan fingerprint density at radius 1 is 1.73 bits per heavy atom. The van der Waals surface area contributed by atoms with Gasteiger partial charge < -0.3 is 20.1 Å². The number of alkyl halides is 1. The summed E-state index contributed by atoms with van der Waals surface area (Å²) in [5.74, 6) is -0.377. The lowest BCUT2D eigenvalue weighted by Gasteiger charge is -2.28. The summed E-state index contributed by atoms with van der Waals surface area (Å²) in [6, 6.07) is 1.29. The van der Waals surface area contributed by atoms with E-state index in [4.69, 9.17) is 10.2 Å². The number of carbonyl (C=O) groups is 1. The fourth-order valence-electron chi connectivity index (χ4n) is 1.10. The Morgan fingerprint density at radius 3 is 2.67 bits per heavy atom. The van der Waals surface area contributed by atoms with Crippen LogP contribution in [0.4, 0.5) is 4.79 Å². The van der Waals surface area contributed by atoms with E-state index in [-0.39, 0.29) is 11.9 Å². The first-order valence-electron chi connectivity index (χ1n) is 4.22. The number of nitrogens with one attached hydrogen (secondary N) is 1. The third-order valence-electron chi connectivity index (χ3n) is 1.95. The van der Waals surface area contributed by atoms with Crippen LogP contribution in [0.1, 0.15) is 19.5 Å². The van der Waals surface area contributed by atoms with Gasteiger partial charge in [-0.3, -0.25) is 0 Å². The summed E-state index contributed by atoms with van der Waals surface area (Å²) in [5.41, 5.74) is 0.345. The van der Waals surface area contributed by atoms with Crippen molar-refractivity contribution in [2.75, 3.05) is 0 Å². The molecule has 1 aromatic rings. The van der Waals surface area contributed by atoms with E-state index in [0.29, 0.717) is 5.69 Å². The standard InChI is InChI=1S/C8H11IN2O4/c1-4(2)8(9,10-7(13)14)5-3-6(12)15-11-5/h3-4,10,12H,1-2H3,(H,13,14). The maximum atomic E-state index is 10.7. The molecule has 15 heavy (non-hydrogen) atoms. The zero-order valence-electron chi connectivity index (χ0n) is 8.19. The largest absolute Gasteiger partial charge is 0.479 e. The van der Waals surface area contributed by atoms with Crippen molar-refractivity contribution in [3.8, 4) is 5.95 Å². The topological polar surface area (TPSA) is 95.6 Å². The minimum atomic E-state index is -1.15. The van der Waals surface area contributed by atoms with Crippen molar-refractivity contribution in [3.63, 3.8) is 0 Å². The number of rotatable bonds is 3. The maximum Gasteiger partial charge on any atom is 0.406 e. The first kappa shape index (κ1) is 12.1. The fourth-order valence-corrected chi connectivity index (χ4v) is 1.58. The minimum absolute atomic E-state index is 0.0429. The van der Waals surface area contributed by atoms with Gasteiger partial charge in [-0.2, -0.15) is 0 Å². The van der Waals surface area contributed by atoms with Gasteiger partial charge in [-0.25, -0.2) is 4.79 Å². The molecule has 0 bridgehead atoms. The van der Waals surface area contributed by atoms with Gasteiger partial charge >= 0.3 is 12.0 Å². The lowest BCUT2D eigenvalue weighted by molar-refractivity contribution is 0.182. The lowest BCUT2D eigenvalue weighted by Crippen LogP contribution is -2.44. The highest BCUT2D eigenvalue weighted by Crippen LogP contribution is 2.37. The van der Waals surface area contributed by atoms with Crippen LogP contribution in [0.25, 0.3) is 0 Å². The lowest BCUT2D eigenvalue weighted by atomic mass is 10.0. The number of carboxylic acid groups (broad SMARTS) is 1. The molecule has 0 aliphatic heterocycles. The van der Waals surface area contributed by atoms with E-state index in [1.165, 1.54) is 6.07 Å². The zero-order chi connectivity index (χ0) is 11.6. The van der Waals surface area contributed by atoms with Crippen LogP contribution in [0, 0.1) is 5.92 Å². The Balaban J connectivity index is 3.06. The average Bonchev–Trinajstić information content (AvgIpc) is 2.50. The molecule has 0 saturated carbocycles. The molecule has 0 aliphatic carbocycles. The van der Waals surface area contributed by atoms with E-state index >= 15 is 0 Å². The SMILES string of the molecule is CC(C)C(I)(NC(=O)O)c1cc(O)on1. The molecule has 0 aliphatic rings. The molecule has 1 heterocycles. The number of aromatic nitrogens is 1. The zero-order valence-corrected chi connectivity index (χ0v) is 10.3. The molecule has 0 aromatic carbocycles. The molecule has 3 N–H and O–H groups in total. The molecule has 6 nitrogen and oxygen atoms in total. The van der Waals surface area contributed by atoms with Gasteiger partial charge in [0.15, 0.2) is 0 Å². The smallest absolute Gasteiger partial charge is 0.406 e. The van der Waals surface area contributed by atoms with E-state index in [2.05, 4.69) is 15.0 Å². The van der Waals surface area contributed by atoms with Crippen molar-refractivity contribution in [3.05, 3.63) is 11.8 Å². The van der Waals surface area contributed by atoms with Crippen LogP contribution < -0.4 is 5.32 Å². The molecule has 1 rings (SSSR count). The molecular formula is C8H11IN2O4. The molecule has 0 saturated heterocycles. The summed E-state index contributed by atoms with van der Waals surface area (Å²) < 4.78 is 3.60. The molecular weight excluding hydrogens is 315 g/mol. The Hall–Kier alpha value is -0.990. The molecule has 1 amide bonds. The van der Waals surface area contributed by atoms with Crippen molar-refractivity contribution < 1.29 is 19.5 Å². The number of hydrogen-bond acceptors (Lipinski definition) is 4. The average molecular weight is 326 g/mol. The summed E-state index contributed by atoms with van der Waals surface area (Å²) in [7, 11) is 0. The maximum absolute atomic E-state index is 10.7. The number of hydrogen-bond donors (Lipinski definition) is 3. The predicted octanol–water partition coefficient (Wildman–Crippen LogP) is 1.89. The number of amides is 1. The van der Waals surface area contributed by atoms with Gasteiger partial charge in [-0.05, 0) is 28.5 Å². The Morgan fingerprint density at radius 2 is 2.33 bits per heavy atom. The van der Waals surface area contributed by atoms with Crippen LogP contribution in [-0.4, -0.2) is 21.5 Å². The molecule has 0 radical (unpaired) electrons. The van der Waals surface area contributed by atoms with Gasteiger partial charge in [0.25, 0.3) is 0 Å². The van der Waals surface area contributed by atoms with E-state index in [9.17, 15) is 4.79 Å². The summed E-state index contributed by atoms with van der Waals surface area (Å²) in [4.78, 5) is 10.7. The summed E-state index contributed by atoms with van der Waals surface area (Å²) in [5, 5.41) is 23.7. The third kappa shape index (κ3) is 2.52. The monoisotopic (exact) mass is 326 g/mol. The summed E-state index contributed by atoms with van der Waals surface area (Å²) >= 11 is 1.93. The first-order valence-corrected chi connectivity index (χ1v) is 5.30. The van der Waals surface area contributed by atoms with Gasteiger partial charge in [0.2, 0.25) is 0 Å². The van der Waals surface area contributed by atoms with Crippen molar-refractivity contribution in [1.82, 2.24) is 10.5 Å². The molecule has 7 heteroatoms. The highest BCUT2D eigenvalue weighted by atomic mass is 127. The van der Waals surface area contributed by atoms with Gasteiger partial charge in [0, 0.05) is 6.07 Å². The van der Waals surface area contributed by atoms with Crippen LogP contribution in [0.3, 0.4) is 0 Å². The second-order valence-corrected chi connectivity index (χ2v) is 5.05. The van der Waals surface area contributed by atoms with Gasteiger partial charge in [-0.15, -0.1) is 0 Å². The summed E-state index contributed by atoms with van der Waals surface area (Å²) in [6.45, 7) is 3.68. The van der Waals surface area contributed by atoms with Crippen LogP contribution in [-0.2, 0) is 3.55 Å². The highest BCUT2D eigenvalue weighted by molar-refractivity contribution is 14.1. The van der Waals surface area contributed by atoms with Gasteiger partial charge in [0.1, 0.15) is 9.24 Å². The first-order chi connectivity index (χ1) is 6.86.